The largest absolute Gasteiger partial charge is 0.450 e. The van der Waals surface area contributed by atoms with E-state index in [1.165, 1.54) is 5.56 Å². The first-order valence-electron chi connectivity index (χ1n) is 13.5. The molecular weight excluding hydrogens is 472 g/mol. The highest BCUT2D eigenvalue weighted by molar-refractivity contribution is 6.09. The molecule has 3 heterocycles. The predicted molar refractivity (Wildman–Crippen MR) is 144 cm³/mol. The lowest BCUT2D eigenvalue weighted by atomic mass is 9.90. The average Bonchev–Trinajstić information content (AvgIpc) is 2.91. The minimum absolute atomic E-state index is 0.144. The molecule has 11 nitrogen and oxygen atoms in total. The van der Waals surface area contributed by atoms with Gasteiger partial charge in [0.25, 0.3) is 0 Å². The van der Waals surface area contributed by atoms with Crippen molar-refractivity contribution in [3.8, 4) is 5.75 Å². The van der Waals surface area contributed by atoms with Crippen LogP contribution in [0.25, 0.3) is 0 Å². The molecule has 0 aromatic heterocycles. The van der Waals surface area contributed by atoms with E-state index in [0.29, 0.717) is 24.2 Å². The van der Waals surface area contributed by atoms with Gasteiger partial charge in [-0.25, -0.2) is 4.99 Å². The number of guanidine groups is 1. The number of anilines is 1. The van der Waals surface area contributed by atoms with Crippen molar-refractivity contribution < 1.29 is 14.6 Å². The average molecular weight is 513 g/mol. The normalized spacial score (nSPS) is 25.6. The Morgan fingerprint density at radius 1 is 1.19 bits per heavy atom. The number of fused-ring (bicyclic) bond motifs is 2. The molecule has 1 unspecified atom stereocenters. The molecule has 2 fully saturated rings. The van der Waals surface area contributed by atoms with E-state index in [1.807, 2.05) is 17.2 Å². The van der Waals surface area contributed by atoms with Crippen LogP contribution in [-0.4, -0.2) is 91.1 Å². The number of aliphatic hydroxyl groups excluding tert-OH is 1. The number of hydrogen-bond donors (Lipinski definition) is 5. The number of amidine groups is 1. The first kappa shape index (κ1) is 25.8. The minimum Gasteiger partial charge on any atom is -0.450 e. The number of aliphatic imine (C=N–C) groups is 2. The van der Waals surface area contributed by atoms with Crippen molar-refractivity contribution >= 4 is 17.5 Å². The Bertz CT molecular complexity index is 1010. The van der Waals surface area contributed by atoms with E-state index in [-0.39, 0.29) is 12.0 Å². The second kappa shape index (κ2) is 12.1. The van der Waals surface area contributed by atoms with Crippen LogP contribution >= 0.6 is 0 Å². The molecule has 0 spiro atoms. The van der Waals surface area contributed by atoms with Crippen LogP contribution in [0.15, 0.2) is 40.1 Å². The molecule has 202 valence electrons. The molecule has 1 aliphatic carbocycles. The molecular formula is C26H40N8O3. The summed E-state index contributed by atoms with van der Waals surface area (Å²) in [5.41, 5.74) is 12.9. The number of nitrogens with two attached hydrogens (primary N) is 2. The number of hydrogen-bond acceptors (Lipinski definition) is 9. The fourth-order valence-electron chi connectivity index (χ4n) is 5.42. The molecule has 4 aliphatic rings. The Labute approximate surface area is 218 Å². The third-order valence-electron chi connectivity index (χ3n) is 7.53. The molecule has 0 radical (unpaired) electrons. The van der Waals surface area contributed by atoms with Crippen LogP contribution in [0.2, 0.25) is 0 Å². The second-order valence-electron chi connectivity index (χ2n) is 10.1. The summed E-state index contributed by atoms with van der Waals surface area (Å²) in [5.74, 6) is 2.16. The molecule has 0 bridgehead atoms. The Morgan fingerprint density at radius 3 is 2.78 bits per heavy atom. The van der Waals surface area contributed by atoms with Gasteiger partial charge in [0.15, 0.2) is 23.3 Å². The zero-order valence-electron chi connectivity index (χ0n) is 21.4. The third kappa shape index (κ3) is 6.72. The molecule has 7 N–H and O–H groups in total. The fraction of sp³-hybridized carbons (Fsp3) is 0.615. The number of rotatable bonds is 9. The van der Waals surface area contributed by atoms with Gasteiger partial charge >= 0.3 is 0 Å². The quantitative estimate of drug-likeness (QED) is 0.184. The zero-order valence-corrected chi connectivity index (χ0v) is 21.4. The summed E-state index contributed by atoms with van der Waals surface area (Å²) < 4.78 is 11.7. The highest BCUT2D eigenvalue weighted by Gasteiger charge is 2.33. The number of benzene rings is 1. The van der Waals surface area contributed by atoms with Crippen molar-refractivity contribution in [3.05, 3.63) is 35.7 Å². The van der Waals surface area contributed by atoms with E-state index in [1.54, 1.807) is 0 Å². The van der Waals surface area contributed by atoms with E-state index in [0.717, 1.165) is 89.4 Å². The first-order valence-corrected chi connectivity index (χ1v) is 13.5. The molecule has 1 saturated carbocycles. The van der Waals surface area contributed by atoms with Gasteiger partial charge in [0.1, 0.15) is 0 Å². The summed E-state index contributed by atoms with van der Waals surface area (Å²) >= 11 is 0. The van der Waals surface area contributed by atoms with Gasteiger partial charge in [0, 0.05) is 38.3 Å². The van der Waals surface area contributed by atoms with Crippen molar-refractivity contribution in [1.82, 2.24) is 15.1 Å². The third-order valence-corrected chi connectivity index (χ3v) is 7.53. The van der Waals surface area contributed by atoms with E-state index in [2.05, 4.69) is 37.7 Å². The summed E-state index contributed by atoms with van der Waals surface area (Å²) in [5, 5.41) is 17.8. The molecule has 1 atom stereocenters. The Balaban J connectivity index is 1.13. The van der Waals surface area contributed by atoms with Crippen molar-refractivity contribution in [2.24, 2.45) is 21.5 Å². The van der Waals surface area contributed by atoms with Gasteiger partial charge in [-0.05, 0) is 62.8 Å². The van der Waals surface area contributed by atoms with Gasteiger partial charge in [-0.3, -0.25) is 9.89 Å². The van der Waals surface area contributed by atoms with E-state index < -0.39 is 6.35 Å². The standard InChI is InChI=1S/C26H40N8O3/c27-25(28)30-10-1-9-29-19-3-5-20(6-4-19)34-17-23-24(32-26(34)35)31-21-16-18(2-7-22(21)37-23)8-11-33-12-14-36-15-13-33/h2,7,16-17,19-20,26,29,35H,1,3-6,8-15H2,(H,31,32)(H4,27,28,30). The van der Waals surface area contributed by atoms with Crippen molar-refractivity contribution in [1.29, 1.82) is 0 Å². The Hall–Kier alpha value is -2.86. The van der Waals surface area contributed by atoms with Crippen LogP contribution < -0.4 is 26.8 Å². The molecule has 11 heteroatoms. The number of ether oxygens (including phenoxy) is 2. The topological polar surface area (TPSA) is 146 Å². The summed E-state index contributed by atoms with van der Waals surface area (Å²) in [6, 6.07) is 6.97. The van der Waals surface area contributed by atoms with Crippen molar-refractivity contribution in [2.75, 3.05) is 51.3 Å². The van der Waals surface area contributed by atoms with Gasteiger partial charge in [0.05, 0.1) is 25.1 Å². The summed E-state index contributed by atoms with van der Waals surface area (Å²) in [7, 11) is 0. The number of nitrogens with zero attached hydrogens (tertiary/aromatic N) is 4. The lowest BCUT2D eigenvalue weighted by Crippen LogP contribution is -2.47. The van der Waals surface area contributed by atoms with Gasteiger partial charge < -0.3 is 41.6 Å². The molecule has 5 rings (SSSR count). The molecule has 37 heavy (non-hydrogen) atoms. The van der Waals surface area contributed by atoms with Crippen LogP contribution in [-0.2, 0) is 11.2 Å². The highest BCUT2D eigenvalue weighted by Crippen LogP contribution is 2.35. The second-order valence-corrected chi connectivity index (χ2v) is 10.1. The van der Waals surface area contributed by atoms with Crippen LogP contribution in [0.5, 0.6) is 5.75 Å². The maximum Gasteiger partial charge on any atom is 0.227 e. The smallest absolute Gasteiger partial charge is 0.227 e. The summed E-state index contributed by atoms with van der Waals surface area (Å²) in [6.07, 6.45) is 6.93. The maximum absolute atomic E-state index is 10.8. The molecule has 1 saturated heterocycles. The van der Waals surface area contributed by atoms with Crippen molar-refractivity contribution in [3.63, 3.8) is 0 Å². The molecule has 1 aromatic carbocycles. The maximum atomic E-state index is 10.8. The van der Waals surface area contributed by atoms with Gasteiger partial charge in [-0.15, -0.1) is 0 Å². The lowest BCUT2D eigenvalue weighted by molar-refractivity contribution is 0.000396. The Morgan fingerprint density at radius 2 is 2.00 bits per heavy atom. The monoisotopic (exact) mass is 512 g/mol. The number of aliphatic hydroxyl groups is 1. The van der Waals surface area contributed by atoms with Gasteiger partial charge in [-0.1, -0.05) is 6.07 Å². The van der Waals surface area contributed by atoms with E-state index in [4.69, 9.17) is 20.9 Å². The molecule has 3 aliphatic heterocycles. The molecule has 0 amide bonds. The minimum atomic E-state index is -0.921. The Kier molecular flexibility index (Phi) is 8.45. The highest BCUT2D eigenvalue weighted by atomic mass is 16.5. The van der Waals surface area contributed by atoms with Gasteiger partial charge in [0.2, 0.25) is 6.35 Å². The van der Waals surface area contributed by atoms with E-state index in [9.17, 15) is 5.11 Å². The van der Waals surface area contributed by atoms with Crippen molar-refractivity contribution in [2.45, 2.75) is 57.0 Å². The summed E-state index contributed by atoms with van der Waals surface area (Å²) in [6.45, 7) is 6.16. The first-order chi connectivity index (χ1) is 18.0. The number of morpholine rings is 1. The number of nitrogens with one attached hydrogen (secondary N) is 2. The lowest BCUT2D eigenvalue weighted by Gasteiger charge is -2.40. The van der Waals surface area contributed by atoms with Crippen LogP contribution in [0.4, 0.5) is 5.69 Å². The van der Waals surface area contributed by atoms with Crippen LogP contribution in [0.1, 0.15) is 37.7 Å². The molecule has 1 aromatic rings. The van der Waals surface area contributed by atoms with Crippen LogP contribution in [0, 0.1) is 0 Å². The predicted octanol–water partition coefficient (Wildman–Crippen LogP) is 0.761. The zero-order chi connectivity index (χ0) is 25.6. The van der Waals surface area contributed by atoms with Crippen LogP contribution in [0.3, 0.4) is 0 Å². The van der Waals surface area contributed by atoms with E-state index >= 15 is 0 Å². The summed E-state index contributed by atoms with van der Waals surface area (Å²) in [4.78, 5) is 12.9. The SMILES string of the molecule is NC(N)=NCCCNC1CCC(N2C=C3Oc4ccc(CCN5CCOCC5)cc4NC3=NC2O)CC1. The fourth-order valence-corrected chi connectivity index (χ4v) is 5.42. The van der Waals surface area contributed by atoms with Gasteiger partial charge in [-0.2, -0.15) is 0 Å².